The molecule has 2 aromatic carbocycles. The van der Waals surface area contributed by atoms with Gasteiger partial charge in [-0.25, -0.2) is 0 Å². The van der Waals surface area contributed by atoms with Gasteiger partial charge in [-0.1, -0.05) is 42.0 Å². The molecule has 138 valence electrons. The first-order valence-corrected chi connectivity index (χ1v) is 9.50. The van der Waals surface area contributed by atoms with Crippen LogP contribution in [0.4, 0.5) is 0 Å². The highest BCUT2D eigenvalue weighted by molar-refractivity contribution is 5.94. The molecule has 2 atom stereocenters. The minimum Gasteiger partial charge on any atom is -0.463 e. The van der Waals surface area contributed by atoms with Gasteiger partial charge in [-0.3, -0.25) is 4.79 Å². The number of furan rings is 1. The van der Waals surface area contributed by atoms with Crippen LogP contribution in [0.15, 0.2) is 71.3 Å². The quantitative estimate of drug-likeness (QED) is 0.734. The van der Waals surface area contributed by atoms with Crippen molar-refractivity contribution in [1.82, 2.24) is 5.32 Å². The van der Waals surface area contributed by atoms with Crippen LogP contribution in [-0.2, 0) is 13.0 Å². The molecule has 4 rings (SSSR count). The second-order valence-electron chi connectivity index (χ2n) is 7.25. The summed E-state index contributed by atoms with van der Waals surface area (Å²) in [6.07, 6.45) is 2.76. The molecule has 27 heavy (non-hydrogen) atoms. The summed E-state index contributed by atoms with van der Waals surface area (Å²) < 4.78 is 5.72. The third kappa shape index (κ3) is 3.96. The highest BCUT2D eigenvalue weighted by Gasteiger charge is 2.30. The Bertz CT molecular complexity index is 918. The second-order valence-corrected chi connectivity index (χ2v) is 7.25. The summed E-state index contributed by atoms with van der Waals surface area (Å²) in [6.45, 7) is 4.53. The van der Waals surface area contributed by atoms with E-state index >= 15 is 0 Å². The van der Waals surface area contributed by atoms with Crippen LogP contribution in [0.1, 0.15) is 38.9 Å². The summed E-state index contributed by atoms with van der Waals surface area (Å²) in [5.74, 6) is 0.890. The summed E-state index contributed by atoms with van der Waals surface area (Å²) >= 11 is 0. The Kier molecular flexibility index (Phi) is 5.07. The van der Waals surface area contributed by atoms with Gasteiger partial charge < -0.3 is 14.6 Å². The van der Waals surface area contributed by atoms with E-state index in [4.69, 9.17) is 4.42 Å². The van der Waals surface area contributed by atoms with Gasteiger partial charge in [0.05, 0.1) is 19.4 Å². The molecular formula is C23H25N2O2+. The van der Waals surface area contributed by atoms with Crippen molar-refractivity contribution in [3.63, 3.8) is 0 Å². The van der Waals surface area contributed by atoms with Crippen molar-refractivity contribution in [1.29, 1.82) is 0 Å². The number of hydrogen-bond donors (Lipinski definition) is 2. The predicted octanol–water partition coefficient (Wildman–Crippen LogP) is 2.70. The van der Waals surface area contributed by atoms with Crippen molar-refractivity contribution >= 4 is 5.91 Å². The van der Waals surface area contributed by atoms with E-state index in [0.29, 0.717) is 12.1 Å². The molecule has 2 heterocycles. The zero-order valence-electron chi connectivity index (χ0n) is 15.6. The van der Waals surface area contributed by atoms with Crippen molar-refractivity contribution in [2.45, 2.75) is 25.9 Å². The number of amides is 1. The lowest BCUT2D eigenvalue weighted by Crippen LogP contribution is -3.12. The van der Waals surface area contributed by atoms with Crippen molar-refractivity contribution in [3.8, 4) is 0 Å². The Morgan fingerprint density at radius 1 is 1.11 bits per heavy atom. The Labute approximate surface area is 159 Å². The lowest BCUT2D eigenvalue weighted by Gasteiger charge is -2.31. The highest BCUT2D eigenvalue weighted by Crippen LogP contribution is 2.16. The molecule has 1 unspecified atom stereocenters. The molecule has 4 nitrogen and oxygen atoms in total. The maximum Gasteiger partial charge on any atom is 0.251 e. The Hall–Kier alpha value is -2.85. The number of carbonyl (C=O) groups is 1. The molecule has 2 N–H and O–H groups in total. The Morgan fingerprint density at radius 2 is 1.96 bits per heavy atom. The number of nitrogens with one attached hydrogen (secondary N) is 2. The molecule has 1 aliphatic heterocycles. The number of rotatable bonds is 5. The molecule has 0 fully saturated rings. The molecule has 4 heteroatoms. The van der Waals surface area contributed by atoms with Crippen LogP contribution in [0.5, 0.6) is 0 Å². The maximum atomic E-state index is 12.6. The van der Waals surface area contributed by atoms with Crippen LogP contribution in [0.2, 0.25) is 0 Å². The van der Waals surface area contributed by atoms with Crippen LogP contribution in [0.25, 0.3) is 0 Å². The van der Waals surface area contributed by atoms with E-state index in [2.05, 4.69) is 29.6 Å². The van der Waals surface area contributed by atoms with Crippen molar-refractivity contribution in [2.75, 3.05) is 13.1 Å². The van der Waals surface area contributed by atoms with Crippen LogP contribution in [0, 0.1) is 6.92 Å². The van der Waals surface area contributed by atoms with Gasteiger partial charge in [-0.2, -0.15) is 0 Å². The van der Waals surface area contributed by atoms with Gasteiger partial charge in [0.2, 0.25) is 0 Å². The van der Waals surface area contributed by atoms with Crippen LogP contribution in [-0.4, -0.2) is 19.0 Å². The smallest absolute Gasteiger partial charge is 0.251 e. The third-order valence-electron chi connectivity index (χ3n) is 5.38. The molecule has 3 aromatic rings. The van der Waals surface area contributed by atoms with E-state index in [1.54, 1.807) is 6.26 Å². The van der Waals surface area contributed by atoms with E-state index in [1.807, 2.05) is 43.3 Å². The maximum absolute atomic E-state index is 12.6. The van der Waals surface area contributed by atoms with Crippen molar-refractivity contribution in [3.05, 3.63) is 94.9 Å². The Balaban J connectivity index is 1.50. The SMILES string of the molecule is Cc1cccc(C(=O)NC[C@@H](c2ccco2)[NH+]2CCc3ccccc3C2)c1. The lowest BCUT2D eigenvalue weighted by atomic mass is 9.98. The number of quaternary nitrogens is 1. The van der Waals surface area contributed by atoms with Gasteiger partial charge >= 0.3 is 0 Å². The number of aryl methyl sites for hydroxylation is 1. The normalized spacial score (nSPS) is 17.1. The van der Waals surface area contributed by atoms with Crippen molar-refractivity contribution < 1.29 is 14.1 Å². The molecule has 0 radical (unpaired) electrons. The number of hydrogen-bond acceptors (Lipinski definition) is 2. The molecule has 0 saturated carbocycles. The minimum absolute atomic E-state index is 0.0351. The van der Waals surface area contributed by atoms with Crippen LogP contribution in [0.3, 0.4) is 0 Å². The van der Waals surface area contributed by atoms with Gasteiger partial charge in [-0.05, 0) is 36.8 Å². The molecule has 0 bridgehead atoms. The summed E-state index contributed by atoms with van der Waals surface area (Å²) in [7, 11) is 0. The first-order chi connectivity index (χ1) is 13.2. The van der Waals surface area contributed by atoms with E-state index in [0.717, 1.165) is 30.8 Å². The summed E-state index contributed by atoms with van der Waals surface area (Å²) in [6, 6.07) is 20.3. The topological polar surface area (TPSA) is 46.7 Å². The van der Waals surface area contributed by atoms with E-state index in [9.17, 15) is 4.79 Å². The van der Waals surface area contributed by atoms with Gasteiger partial charge in [0.25, 0.3) is 5.91 Å². The lowest BCUT2D eigenvalue weighted by molar-refractivity contribution is -0.946. The molecule has 1 aliphatic rings. The zero-order valence-corrected chi connectivity index (χ0v) is 15.6. The monoisotopic (exact) mass is 361 g/mol. The largest absolute Gasteiger partial charge is 0.463 e. The first-order valence-electron chi connectivity index (χ1n) is 9.50. The fourth-order valence-electron chi connectivity index (χ4n) is 3.92. The molecular weight excluding hydrogens is 336 g/mol. The van der Waals surface area contributed by atoms with E-state index in [1.165, 1.54) is 16.0 Å². The highest BCUT2D eigenvalue weighted by atomic mass is 16.3. The number of fused-ring (bicyclic) bond motifs is 1. The number of carbonyl (C=O) groups excluding carboxylic acids is 1. The molecule has 0 spiro atoms. The van der Waals surface area contributed by atoms with Crippen LogP contribution >= 0.6 is 0 Å². The fraction of sp³-hybridized carbons (Fsp3) is 0.261. The number of benzene rings is 2. The Morgan fingerprint density at radius 3 is 2.74 bits per heavy atom. The fourth-order valence-corrected chi connectivity index (χ4v) is 3.92. The van der Waals surface area contributed by atoms with E-state index < -0.39 is 0 Å². The predicted molar refractivity (Wildman–Crippen MR) is 105 cm³/mol. The van der Waals surface area contributed by atoms with Gasteiger partial charge in [0, 0.05) is 17.5 Å². The van der Waals surface area contributed by atoms with Gasteiger partial charge in [0.15, 0.2) is 11.8 Å². The van der Waals surface area contributed by atoms with E-state index in [-0.39, 0.29) is 11.9 Å². The standard InChI is InChI=1S/C23H24N2O2/c1-17-6-4-9-19(14-17)23(26)24-15-21(22-10-5-13-27-22)25-12-11-18-7-2-3-8-20(18)16-25/h2-10,13-14,21H,11-12,15-16H2,1H3,(H,24,26)/p+1/t21-/m0/s1. The average Bonchev–Trinajstić information content (AvgIpc) is 3.22. The average molecular weight is 361 g/mol. The molecule has 0 saturated heterocycles. The third-order valence-corrected chi connectivity index (χ3v) is 5.38. The van der Waals surface area contributed by atoms with Crippen LogP contribution < -0.4 is 10.2 Å². The molecule has 1 aromatic heterocycles. The van der Waals surface area contributed by atoms with Gasteiger partial charge in [0.1, 0.15) is 6.54 Å². The molecule has 0 aliphatic carbocycles. The summed E-state index contributed by atoms with van der Waals surface area (Å²) in [4.78, 5) is 14.0. The second kappa shape index (κ2) is 7.80. The molecule has 1 amide bonds. The minimum atomic E-state index is -0.0351. The summed E-state index contributed by atoms with van der Waals surface area (Å²) in [5, 5.41) is 3.12. The van der Waals surface area contributed by atoms with Crippen molar-refractivity contribution in [2.24, 2.45) is 0 Å². The van der Waals surface area contributed by atoms with Gasteiger partial charge in [-0.15, -0.1) is 0 Å². The summed E-state index contributed by atoms with van der Waals surface area (Å²) in [5.41, 5.74) is 4.61. The first kappa shape index (κ1) is 17.6. The zero-order chi connectivity index (χ0) is 18.6.